The van der Waals surface area contributed by atoms with Crippen LogP contribution < -0.4 is 4.74 Å². The van der Waals surface area contributed by atoms with Gasteiger partial charge in [0.05, 0.1) is 12.0 Å². The van der Waals surface area contributed by atoms with Crippen molar-refractivity contribution in [3.8, 4) is 5.75 Å². The molecule has 1 fully saturated rings. The molecule has 1 aliphatic rings. The molecule has 0 spiro atoms. The van der Waals surface area contributed by atoms with Crippen molar-refractivity contribution in [1.29, 1.82) is 0 Å². The van der Waals surface area contributed by atoms with Crippen LogP contribution in [0.1, 0.15) is 19.4 Å². The maximum Gasteiger partial charge on any atom is 0.266 e. The summed E-state index contributed by atoms with van der Waals surface area (Å²) < 4.78 is 5.31. The fourth-order valence-electron chi connectivity index (χ4n) is 2.00. The van der Waals surface area contributed by atoms with Crippen molar-refractivity contribution in [3.63, 3.8) is 0 Å². The van der Waals surface area contributed by atoms with Gasteiger partial charge < -0.3 is 4.74 Å². The second-order valence-corrected chi connectivity index (χ2v) is 5.75. The molecule has 0 radical (unpaired) electrons. The van der Waals surface area contributed by atoms with Crippen molar-refractivity contribution in [2.45, 2.75) is 13.8 Å². The van der Waals surface area contributed by atoms with Crippen LogP contribution in [0.2, 0.25) is 5.02 Å². The van der Waals surface area contributed by atoms with Gasteiger partial charge in [0.2, 0.25) is 0 Å². The average Bonchev–Trinajstić information content (AvgIpc) is 2.75. The van der Waals surface area contributed by atoms with E-state index in [-0.39, 0.29) is 5.91 Å². The number of amides is 1. The molecule has 1 heterocycles. The van der Waals surface area contributed by atoms with Crippen LogP contribution in [0.15, 0.2) is 28.1 Å². The summed E-state index contributed by atoms with van der Waals surface area (Å²) in [5, 5.41) is 1.35. The van der Waals surface area contributed by atoms with Crippen molar-refractivity contribution in [2.75, 3.05) is 20.2 Å². The van der Waals surface area contributed by atoms with Crippen molar-refractivity contribution in [2.24, 2.45) is 4.99 Å². The number of hydrogen-bond donors (Lipinski definition) is 0. The molecule has 0 unspecified atom stereocenters. The lowest BCUT2D eigenvalue weighted by Gasteiger charge is -2.11. The Morgan fingerprint density at radius 3 is 2.81 bits per heavy atom. The van der Waals surface area contributed by atoms with Gasteiger partial charge in [-0.2, -0.15) is 0 Å². The third-order valence-electron chi connectivity index (χ3n) is 2.98. The van der Waals surface area contributed by atoms with E-state index in [0.717, 1.165) is 10.7 Å². The first-order chi connectivity index (χ1) is 10.1. The molecule has 0 atom stereocenters. The van der Waals surface area contributed by atoms with Crippen LogP contribution in [0.25, 0.3) is 6.08 Å². The van der Waals surface area contributed by atoms with Crippen LogP contribution in [-0.4, -0.2) is 36.2 Å². The number of thioether (sulfide) groups is 1. The van der Waals surface area contributed by atoms with Crippen molar-refractivity contribution in [3.05, 3.63) is 33.7 Å². The van der Waals surface area contributed by atoms with Gasteiger partial charge in [-0.15, -0.1) is 0 Å². The fourth-order valence-corrected chi connectivity index (χ4v) is 3.28. The normalized spacial score (nSPS) is 18.9. The molecule has 1 aromatic rings. The zero-order valence-electron chi connectivity index (χ0n) is 12.2. The molecule has 1 saturated heterocycles. The van der Waals surface area contributed by atoms with Gasteiger partial charge in [0.25, 0.3) is 5.91 Å². The molecule has 2 rings (SSSR count). The van der Waals surface area contributed by atoms with Crippen LogP contribution in [-0.2, 0) is 4.79 Å². The minimum Gasteiger partial charge on any atom is -0.496 e. The minimum absolute atomic E-state index is 0.0308. The predicted octanol–water partition coefficient (Wildman–Crippen LogP) is 3.66. The second kappa shape index (κ2) is 7.00. The molecule has 1 amide bonds. The third-order valence-corrected chi connectivity index (χ3v) is 4.26. The van der Waals surface area contributed by atoms with Gasteiger partial charge in [-0.25, -0.2) is 0 Å². The zero-order chi connectivity index (χ0) is 15.4. The fraction of sp³-hybridized carbons (Fsp3) is 0.333. The van der Waals surface area contributed by atoms with Crippen molar-refractivity contribution < 1.29 is 9.53 Å². The number of benzene rings is 1. The topological polar surface area (TPSA) is 41.9 Å². The molecule has 0 aliphatic carbocycles. The zero-order valence-corrected chi connectivity index (χ0v) is 13.8. The molecule has 1 aromatic carbocycles. The Hall–Kier alpha value is -1.46. The Morgan fingerprint density at radius 2 is 2.19 bits per heavy atom. The van der Waals surface area contributed by atoms with Crippen molar-refractivity contribution >= 4 is 40.5 Å². The van der Waals surface area contributed by atoms with Crippen molar-refractivity contribution in [1.82, 2.24) is 4.90 Å². The molecule has 0 saturated carbocycles. The number of amidine groups is 1. The highest BCUT2D eigenvalue weighted by Gasteiger charge is 2.32. The monoisotopic (exact) mass is 324 g/mol. The Kier molecular flexibility index (Phi) is 5.31. The first-order valence-electron chi connectivity index (χ1n) is 6.70. The Balaban J connectivity index is 2.40. The van der Waals surface area contributed by atoms with E-state index in [9.17, 15) is 4.79 Å². The largest absolute Gasteiger partial charge is 0.496 e. The van der Waals surface area contributed by atoms with Gasteiger partial charge in [-0.1, -0.05) is 11.6 Å². The molecule has 112 valence electrons. The van der Waals surface area contributed by atoms with Gasteiger partial charge in [0.1, 0.15) is 5.75 Å². The lowest BCUT2D eigenvalue weighted by molar-refractivity contribution is -0.122. The standard InChI is InChI=1S/C15H17ClN2O2S/c1-4-17-15-18(5-2)14(19)13(21-15)9-10-8-11(16)6-7-12(10)20-3/h6-9H,4-5H2,1-3H3/b13-9+,17-15?. The highest BCUT2D eigenvalue weighted by Crippen LogP contribution is 2.34. The van der Waals surface area contributed by atoms with E-state index in [2.05, 4.69) is 4.99 Å². The SMILES string of the molecule is CCN=C1S/C(=C/c2cc(Cl)ccc2OC)C(=O)N1CC. The number of carbonyl (C=O) groups excluding carboxylic acids is 1. The van der Waals surface area contributed by atoms with E-state index in [1.54, 1.807) is 36.3 Å². The van der Waals surface area contributed by atoms with Crippen LogP contribution in [0.3, 0.4) is 0 Å². The number of ether oxygens (including phenoxy) is 1. The second-order valence-electron chi connectivity index (χ2n) is 4.30. The van der Waals surface area contributed by atoms with E-state index >= 15 is 0 Å². The predicted molar refractivity (Wildman–Crippen MR) is 88.9 cm³/mol. The Morgan fingerprint density at radius 1 is 1.43 bits per heavy atom. The number of methoxy groups -OCH3 is 1. The van der Waals surface area contributed by atoms with Gasteiger partial charge in [0.15, 0.2) is 5.17 Å². The maximum absolute atomic E-state index is 12.4. The molecule has 6 heteroatoms. The number of likely N-dealkylation sites (N-methyl/N-ethyl adjacent to an activating group) is 1. The van der Waals surface area contributed by atoms with E-state index < -0.39 is 0 Å². The van der Waals surface area contributed by atoms with Crippen LogP contribution >= 0.6 is 23.4 Å². The number of nitrogens with zero attached hydrogens (tertiary/aromatic N) is 2. The van der Waals surface area contributed by atoms with Gasteiger partial charge in [-0.3, -0.25) is 14.7 Å². The minimum atomic E-state index is -0.0308. The summed E-state index contributed by atoms with van der Waals surface area (Å²) in [5.74, 6) is 0.654. The first-order valence-corrected chi connectivity index (χ1v) is 7.89. The smallest absolute Gasteiger partial charge is 0.266 e. The molecular formula is C15H17ClN2O2S. The van der Waals surface area contributed by atoms with Gasteiger partial charge in [0, 0.05) is 23.7 Å². The summed E-state index contributed by atoms with van der Waals surface area (Å²) >= 11 is 7.40. The van der Waals surface area contributed by atoms with E-state index in [0.29, 0.717) is 28.8 Å². The van der Waals surface area contributed by atoms with Crippen LogP contribution in [0.4, 0.5) is 0 Å². The number of hydrogen-bond acceptors (Lipinski definition) is 4. The average molecular weight is 325 g/mol. The third kappa shape index (κ3) is 3.41. The lowest BCUT2D eigenvalue weighted by atomic mass is 10.2. The molecule has 0 bridgehead atoms. The molecule has 0 aromatic heterocycles. The highest BCUT2D eigenvalue weighted by atomic mass is 35.5. The maximum atomic E-state index is 12.4. The molecule has 0 N–H and O–H groups in total. The summed E-state index contributed by atoms with van der Waals surface area (Å²) in [6.45, 7) is 5.15. The van der Waals surface area contributed by atoms with Gasteiger partial charge >= 0.3 is 0 Å². The summed E-state index contributed by atoms with van der Waals surface area (Å²) in [7, 11) is 1.59. The number of aliphatic imine (C=N–C) groups is 1. The number of rotatable bonds is 4. The molecule has 4 nitrogen and oxygen atoms in total. The molecular weight excluding hydrogens is 308 g/mol. The Labute approximate surface area is 133 Å². The highest BCUT2D eigenvalue weighted by molar-refractivity contribution is 8.18. The summed E-state index contributed by atoms with van der Waals surface area (Å²) in [6, 6.07) is 5.33. The van der Waals surface area contributed by atoms with E-state index in [1.807, 2.05) is 13.8 Å². The number of halogens is 1. The van der Waals surface area contributed by atoms with Crippen LogP contribution in [0, 0.1) is 0 Å². The van der Waals surface area contributed by atoms with E-state index in [4.69, 9.17) is 16.3 Å². The van der Waals surface area contributed by atoms with Crippen LogP contribution in [0.5, 0.6) is 5.75 Å². The summed E-state index contributed by atoms with van der Waals surface area (Å²) in [4.78, 5) is 19.1. The molecule has 21 heavy (non-hydrogen) atoms. The first kappa shape index (κ1) is 15.9. The van der Waals surface area contributed by atoms with Gasteiger partial charge in [-0.05, 0) is 49.9 Å². The molecule has 1 aliphatic heterocycles. The van der Waals surface area contributed by atoms with E-state index in [1.165, 1.54) is 11.8 Å². The lowest BCUT2D eigenvalue weighted by Crippen LogP contribution is -2.28. The summed E-state index contributed by atoms with van der Waals surface area (Å²) in [6.07, 6.45) is 1.80. The quantitative estimate of drug-likeness (QED) is 0.794. The number of carbonyl (C=O) groups is 1. The Bertz CT molecular complexity index is 614. The summed E-state index contributed by atoms with van der Waals surface area (Å²) in [5.41, 5.74) is 0.787.